The first kappa shape index (κ1) is 57.5. The lowest BCUT2D eigenvalue weighted by Gasteiger charge is -2.27. The lowest BCUT2D eigenvalue weighted by atomic mass is 10.00. The Bertz CT molecular complexity index is 935. The number of amides is 1. The van der Waals surface area contributed by atoms with E-state index in [1.165, 1.54) is 180 Å². The summed E-state index contributed by atoms with van der Waals surface area (Å²) in [5, 5.41) is 43.8. The zero-order valence-corrected chi connectivity index (χ0v) is 39.3. The van der Waals surface area contributed by atoms with E-state index >= 15 is 0 Å². The molecule has 0 spiro atoms. The van der Waals surface area contributed by atoms with Crippen molar-refractivity contribution in [3.63, 3.8) is 0 Å². The van der Waals surface area contributed by atoms with Crippen LogP contribution in [0.15, 0.2) is 36.5 Å². The van der Waals surface area contributed by atoms with Gasteiger partial charge in [-0.2, -0.15) is 0 Å². The largest absolute Gasteiger partial charge is 0.394 e. The number of carbonyl (C=O) groups excluding carboxylic acids is 1. The Kier molecular flexibility index (Phi) is 46.4. The predicted molar refractivity (Wildman–Crippen MR) is 256 cm³/mol. The minimum absolute atomic E-state index is 0.353. The molecule has 4 atom stereocenters. The molecule has 348 valence electrons. The number of allylic oxidation sites excluding steroid dienone is 6. The smallest absolute Gasteiger partial charge is 0.249 e. The predicted octanol–water partition coefficient (Wildman–Crippen LogP) is 14.5. The van der Waals surface area contributed by atoms with Crippen LogP contribution in [0.25, 0.3) is 0 Å². The molecule has 59 heavy (non-hydrogen) atoms. The minimum atomic E-state index is -1.29. The Balaban J connectivity index is 3.74. The Morgan fingerprint density at radius 3 is 1.07 bits per heavy atom. The molecule has 1 amide bonds. The summed E-state index contributed by atoms with van der Waals surface area (Å²) in [5.74, 6) is -0.600. The highest BCUT2D eigenvalue weighted by Gasteiger charge is 2.28. The van der Waals surface area contributed by atoms with E-state index < -0.39 is 36.9 Å². The van der Waals surface area contributed by atoms with Gasteiger partial charge in [0.1, 0.15) is 12.2 Å². The summed E-state index contributed by atoms with van der Waals surface area (Å²) >= 11 is 0. The van der Waals surface area contributed by atoms with Crippen molar-refractivity contribution in [1.82, 2.24) is 5.32 Å². The molecule has 0 saturated carbocycles. The molecule has 0 aromatic carbocycles. The number of aliphatic hydroxyl groups excluding tert-OH is 4. The quantitative estimate of drug-likeness (QED) is 0.0310. The van der Waals surface area contributed by atoms with E-state index in [9.17, 15) is 25.2 Å². The number of rotatable bonds is 47. The molecule has 0 heterocycles. The van der Waals surface area contributed by atoms with Gasteiger partial charge in [0.05, 0.1) is 18.8 Å². The molecule has 0 bridgehead atoms. The summed E-state index contributed by atoms with van der Waals surface area (Å²) in [5.41, 5.74) is 0. The van der Waals surface area contributed by atoms with E-state index in [2.05, 4.69) is 55.6 Å². The van der Waals surface area contributed by atoms with Crippen LogP contribution in [-0.2, 0) is 4.79 Å². The standard InChI is InChI=1S/C53H101NO5/c1-3-5-7-9-11-13-15-17-19-21-23-25-27-28-30-32-34-36-38-40-42-44-46-50(56)52(58)49(48-55)54-53(59)51(57)47-45-43-41-39-37-35-33-31-29-26-24-22-20-18-16-14-12-10-8-6-4-2/h29-32,38,40,49-52,55-58H,3-28,33-37,39,41-48H2,1-2H3,(H,54,59)/b31-29-,32-30+,40-38+. The fourth-order valence-corrected chi connectivity index (χ4v) is 7.95. The zero-order valence-electron chi connectivity index (χ0n) is 39.3. The fourth-order valence-electron chi connectivity index (χ4n) is 7.95. The first-order valence-corrected chi connectivity index (χ1v) is 25.9. The molecular weight excluding hydrogens is 731 g/mol. The van der Waals surface area contributed by atoms with Crippen LogP contribution >= 0.6 is 0 Å². The molecule has 0 rings (SSSR count). The third kappa shape index (κ3) is 41.6. The van der Waals surface area contributed by atoms with Gasteiger partial charge in [0.25, 0.3) is 0 Å². The van der Waals surface area contributed by atoms with Crippen molar-refractivity contribution in [2.45, 2.75) is 289 Å². The monoisotopic (exact) mass is 832 g/mol. The van der Waals surface area contributed by atoms with Gasteiger partial charge < -0.3 is 25.7 Å². The maximum Gasteiger partial charge on any atom is 0.249 e. The first-order valence-electron chi connectivity index (χ1n) is 25.9. The Morgan fingerprint density at radius 2 is 0.712 bits per heavy atom. The summed E-state index contributed by atoms with van der Waals surface area (Å²) in [7, 11) is 0. The van der Waals surface area contributed by atoms with Crippen LogP contribution in [0.3, 0.4) is 0 Å². The van der Waals surface area contributed by atoms with Crippen LogP contribution in [0.2, 0.25) is 0 Å². The van der Waals surface area contributed by atoms with Crippen LogP contribution in [0.5, 0.6) is 0 Å². The summed E-state index contributed by atoms with van der Waals surface area (Å²) in [4.78, 5) is 12.6. The third-order valence-electron chi connectivity index (χ3n) is 12.1. The Hall–Kier alpha value is -1.47. The van der Waals surface area contributed by atoms with Gasteiger partial charge in [-0.05, 0) is 77.0 Å². The normalized spacial score (nSPS) is 14.2. The molecule has 4 unspecified atom stereocenters. The van der Waals surface area contributed by atoms with Crippen LogP contribution in [0.4, 0.5) is 0 Å². The molecule has 0 fully saturated rings. The van der Waals surface area contributed by atoms with Gasteiger partial charge in [-0.25, -0.2) is 0 Å². The van der Waals surface area contributed by atoms with Crippen molar-refractivity contribution in [3.05, 3.63) is 36.5 Å². The second kappa shape index (κ2) is 47.6. The zero-order chi connectivity index (χ0) is 43.1. The fraction of sp³-hybridized carbons (Fsp3) is 0.868. The topological polar surface area (TPSA) is 110 Å². The summed E-state index contributed by atoms with van der Waals surface area (Å²) < 4.78 is 0. The third-order valence-corrected chi connectivity index (χ3v) is 12.1. The van der Waals surface area contributed by atoms with Crippen molar-refractivity contribution < 1.29 is 25.2 Å². The van der Waals surface area contributed by atoms with Gasteiger partial charge in [0.2, 0.25) is 5.91 Å². The van der Waals surface area contributed by atoms with Crippen molar-refractivity contribution in [2.75, 3.05) is 6.61 Å². The number of hydrogen-bond donors (Lipinski definition) is 5. The molecule has 6 nitrogen and oxygen atoms in total. The highest BCUT2D eigenvalue weighted by atomic mass is 16.3. The van der Waals surface area contributed by atoms with Crippen LogP contribution in [0, 0.1) is 0 Å². The number of nitrogens with one attached hydrogen (secondary N) is 1. The maximum atomic E-state index is 12.6. The van der Waals surface area contributed by atoms with E-state index in [0.717, 1.165) is 51.4 Å². The van der Waals surface area contributed by atoms with Crippen LogP contribution < -0.4 is 5.32 Å². The van der Waals surface area contributed by atoms with E-state index in [1.807, 2.05) is 0 Å². The van der Waals surface area contributed by atoms with Crippen molar-refractivity contribution in [2.24, 2.45) is 0 Å². The van der Waals surface area contributed by atoms with Crippen molar-refractivity contribution in [1.29, 1.82) is 0 Å². The molecule has 0 aromatic rings. The lowest BCUT2D eigenvalue weighted by molar-refractivity contribution is -0.132. The number of unbranched alkanes of at least 4 members (excludes halogenated alkanes) is 32. The van der Waals surface area contributed by atoms with E-state index in [4.69, 9.17) is 0 Å². The molecule has 0 aliphatic heterocycles. The molecule has 0 aliphatic carbocycles. The average Bonchev–Trinajstić information content (AvgIpc) is 3.24. The van der Waals surface area contributed by atoms with Crippen molar-refractivity contribution in [3.8, 4) is 0 Å². The van der Waals surface area contributed by atoms with E-state index in [-0.39, 0.29) is 0 Å². The maximum absolute atomic E-state index is 12.6. The first-order chi connectivity index (χ1) is 29.0. The van der Waals surface area contributed by atoms with Gasteiger partial charge >= 0.3 is 0 Å². The molecule has 0 radical (unpaired) electrons. The van der Waals surface area contributed by atoms with Crippen LogP contribution in [0.1, 0.15) is 264 Å². The van der Waals surface area contributed by atoms with Gasteiger partial charge in [0, 0.05) is 0 Å². The number of carbonyl (C=O) groups is 1. The van der Waals surface area contributed by atoms with Gasteiger partial charge in [-0.1, -0.05) is 224 Å². The van der Waals surface area contributed by atoms with Crippen LogP contribution in [-0.4, -0.2) is 57.3 Å². The average molecular weight is 832 g/mol. The molecule has 6 heteroatoms. The molecule has 0 aliphatic rings. The highest BCUT2D eigenvalue weighted by Crippen LogP contribution is 2.16. The Morgan fingerprint density at radius 1 is 0.407 bits per heavy atom. The lowest BCUT2D eigenvalue weighted by Crippen LogP contribution is -2.53. The second-order valence-corrected chi connectivity index (χ2v) is 17.8. The number of aliphatic hydroxyl groups is 4. The van der Waals surface area contributed by atoms with E-state index in [0.29, 0.717) is 19.3 Å². The molecule has 5 N–H and O–H groups in total. The SMILES string of the molecule is CCCCCCCCCCCCC/C=C\CCCCCCCCC(O)C(=O)NC(CO)C(O)C(O)CCC/C=C/CC/C=C/CCCCCCCCCCCCCCC. The molecule has 0 saturated heterocycles. The van der Waals surface area contributed by atoms with Gasteiger partial charge in [-0.3, -0.25) is 4.79 Å². The summed E-state index contributed by atoms with van der Waals surface area (Å²) in [6.45, 7) is 4.06. The van der Waals surface area contributed by atoms with Crippen molar-refractivity contribution >= 4 is 5.91 Å². The van der Waals surface area contributed by atoms with Gasteiger partial charge in [0.15, 0.2) is 0 Å². The van der Waals surface area contributed by atoms with Gasteiger partial charge in [-0.15, -0.1) is 0 Å². The second-order valence-electron chi connectivity index (χ2n) is 17.8. The van der Waals surface area contributed by atoms with E-state index in [1.54, 1.807) is 0 Å². The Labute approximate surface area is 367 Å². The minimum Gasteiger partial charge on any atom is -0.394 e. The molecular formula is C53H101NO5. The highest BCUT2D eigenvalue weighted by molar-refractivity contribution is 5.80. The molecule has 0 aromatic heterocycles. The summed E-state index contributed by atoms with van der Waals surface area (Å²) in [6, 6.07) is -1.01. The number of hydrogen-bond acceptors (Lipinski definition) is 5. The summed E-state index contributed by atoms with van der Waals surface area (Å²) in [6.07, 6.45) is 57.7.